The van der Waals surface area contributed by atoms with Crippen LogP contribution in [0.4, 0.5) is 10.5 Å². The quantitative estimate of drug-likeness (QED) is 0.349. The standard InChI is InChI=1S/C26H25Cl2N3O3S/c1-2-12-30(26(33)29-20-5-3-4-19(28)15-20)16-25(32)31-13-10-24-22(11-14-35-24)23(31)17-34-21-8-6-18(27)7-9-21/h2-9,11,14-15,23H,1,10,12-13,16-17H2,(H,29,33). The lowest BCUT2D eigenvalue weighted by Gasteiger charge is -2.37. The first-order valence-electron chi connectivity index (χ1n) is 11.1. The lowest BCUT2D eigenvalue weighted by atomic mass is 10.0. The molecule has 3 aromatic rings. The van der Waals surface area contributed by atoms with Gasteiger partial charge in [0.25, 0.3) is 0 Å². The molecule has 0 saturated heterocycles. The first-order valence-corrected chi connectivity index (χ1v) is 12.7. The second-order valence-corrected chi connectivity index (χ2v) is 9.90. The van der Waals surface area contributed by atoms with Crippen LogP contribution < -0.4 is 10.1 Å². The summed E-state index contributed by atoms with van der Waals surface area (Å²) in [4.78, 5) is 30.9. The molecule has 1 aromatic heterocycles. The van der Waals surface area contributed by atoms with E-state index in [-0.39, 0.29) is 25.0 Å². The van der Waals surface area contributed by atoms with Gasteiger partial charge >= 0.3 is 6.03 Å². The maximum Gasteiger partial charge on any atom is 0.322 e. The lowest BCUT2D eigenvalue weighted by molar-refractivity contribution is -0.135. The molecule has 9 heteroatoms. The van der Waals surface area contributed by atoms with Crippen LogP contribution in [0.15, 0.2) is 72.6 Å². The number of fused-ring (bicyclic) bond motifs is 1. The van der Waals surface area contributed by atoms with Gasteiger partial charge in [-0.1, -0.05) is 35.3 Å². The van der Waals surface area contributed by atoms with Crippen molar-refractivity contribution >= 4 is 52.2 Å². The van der Waals surface area contributed by atoms with Gasteiger partial charge in [-0.25, -0.2) is 4.79 Å². The first kappa shape index (κ1) is 25.1. The average Bonchev–Trinajstić information content (AvgIpc) is 3.32. The van der Waals surface area contributed by atoms with Crippen molar-refractivity contribution in [1.82, 2.24) is 9.80 Å². The van der Waals surface area contributed by atoms with Crippen molar-refractivity contribution < 1.29 is 14.3 Å². The molecule has 0 saturated carbocycles. The molecule has 2 heterocycles. The van der Waals surface area contributed by atoms with Gasteiger partial charge in [-0.2, -0.15) is 0 Å². The molecule has 35 heavy (non-hydrogen) atoms. The lowest BCUT2D eigenvalue weighted by Crippen LogP contribution is -2.48. The Hall–Kier alpha value is -3.00. The van der Waals surface area contributed by atoms with Gasteiger partial charge in [0, 0.05) is 33.7 Å². The Morgan fingerprint density at radius 2 is 1.97 bits per heavy atom. The van der Waals surface area contributed by atoms with Gasteiger partial charge in [0.1, 0.15) is 18.9 Å². The molecule has 1 atom stereocenters. The van der Waals surface area contributed by atoms with Gasteiger partial charge in [-0.3, -0.25) is 4.79 Å². The summed E-state index contributed by atoms with van der Waals surface area (Å²) in [5, 5.41) is 5.98. The average molecular weight is 530 g/mol. The molecule has 1 unspecified atom stereocenters. The molecular weight excluding hydrogens is 505 g/mol. The molecule has 1 N–H and O–H groups in total. The number of urea groups is 1. The summed E-state index contributed by atoms with van der Waals surface area (Å²) in [5.41, 5.74) is 1.64. The van der Waals surface area contributed by atoms with Gasteiger partial charge in [0.05, 0.1) is 6.04 Å². The summed E-state index contributed by atoms with van der Waals surface area (Å²) in [6.07, 6.45) is 2.37. The smallest absolute Gasteiger partial charge is 0.322 e. The summed E-state index contributed by atoms with van der Waals surface area (Å²) in [6.45, 7) is 4.72. The molecule has 1 aliphatic heterocycles. The van der Waals surface area contributed by atoms with E-state index in [9.17, 15) is 9.59 Å². The second-order valence-electron chi connectivity index (χ2n) is 8.03. The minimum absolute atomic E-state index is 0.0880. The SMILES string of the molecule is C=CCN(CC(=O)N1CCc2sccc2C1COc1ccc(Cl)cc1)C(=O)Nc1cccc(Cl)c1. The number of amides is 3. The van der Waals surface area contributed by atoms with Crippen molar-refractivity contribution in [1.29, 1.82) is 0 Å². The van der Waals surface area contributed by atoms with Crippen molar-refractivity contribution in [3.05, 3.63) is 93.1 Å². The topological polar surface area (TPSA) is 61.9 Å². The van der Waals surface area contributed by atoms with Crippen molar-refractivity contribution in [3.63, 3.8) is 0 Å². The maximum absolute atomic E-state index is 13.5. The Kier molecular flexibility index (Phi) is 8.33. The van der Waals surface area contributed by atoms with Gasteiger partial charge in [0.15, 0.2) is 0 Å². The molecule has 1 aliphatic rings. The monoisotopic (exact) mass is 529 g/mol. The minimum atomic E-state index is -0.400. The van der Waals surface area contributed by atoms with Crippen LogP contribution in [-0.2, 0) is 11.2 Å². The van der Waals surface area contributed by atoms with E-state index in [1.165, 1.54) is 9.78 Å². The number of nitrogens with zero attached hydrogens (tertiary/aromatic N) is 2. The summed E-state index contributed by atoms with van der Waals surface area (Å²) in [7, 11) is 0. The Morgan fingerprint density at radius 3 is 2.71 bits per heavy atom. The molecule has 0 fully saturated rings. The number of rotatable bonds is 8. The fraction of sp³-hybridized carbons (Fsp3) is 0.231. The van der Waals surface area contributed by atoms with E-state index in [2.05, 4.69) is 11.9 Å². The highest BCUT2D eigenvalue weighted by atomic mass is 35.5. The number of carbonyl (C=O) groups excluding carboxylic acids is 2. The molecule has 3 amide bonds. The van der Waals surface area contributed by atoms with Crippen molar-refractivity contribution in [3.8, 4) is 5.75 Å². The predicted octanol–water partition coefficient (Wildman–Crippen LogP) is 6.28. The zero-order valence-electron chi connectivity index (χ0n) is 19.0. The number of hydrogen-bond acceptors (Lipinski definition) is 4. The third-order valence-electron chi connectivity index (χ3n) is 5.68. The normalized spacial score (nSPS) is 14.7. The van der Waals surface area contributed by atoms with Crippen LogP contribution >= 0.6 is 34.5 Å². The van der Waals surface area contributed by atoms with E-state index >= 15 is 0 Å². The van der Waals surface area contributed by atoms with Crippen molar-refractivity contribution in [2.45, 2.75) is 12.5 Å². The minimum Gasteiger partial charge on any atom is -0.491 e. The van der Waals surface area contributed by atoms with Crippen LogP contribution in [0, 0.1) is 0 Å². The van der Waals surface area contributed by atoms with Crippen LogP contribution in [0.3, 0.4) is 0 Å². The second kappa shape index (κ2) is 11.6. The predicted molar refractivity (Wildman–Crippen MR) is 142 cm³/mol. The van der Waals surface area contributed by atoms with Gasteiger partial charge in [-0.05, 0) is 65.9 Å². The largest absolute Gasteiger partial charge is 0.491 e. The number of thiophene rings is 1. The molecule has 2 aromatic carbocycles. The fourth-order valence-electron chi connectivity index (χ4n) is 3.98. The first-order chi connectivity index (χ1) is 16.9. The zero-order chi connectivity index (χ0) is 24.8. The number of ether oxygens (including phenoxy) is 1. The number of carbonyl (C=O) groups is 2. The van der Waals surface area contributed by atoms with E-state index in [4.69, 9.17) is 27.9 Å². The summed E-state index contributed by atoms with van der Waals surface area (Å²) >= 11 is 13.7. The molecular formula is C26H25Cl2N3O3S. The van der Waals surface area contributed by atoms with E-state index in [0.717, 1.165) is 12.0 Å². The Labute approximate surface area is 218 Å². The van der Waals surface area contributed by atoms with E-state index < -0.39 is 6.03 Å². The third kappa shape index (κ3) is 6.36. The van der Waals surface area contributed by atoms with Crippen LogP contribution in [0.5, 0.6) is 5.75 Å². The zero-order valence-corrected chi connectivity index (χ0v) is 21.3. The molecule has 4 rings (SSSR count). The summed E-state index contributed by atoms with van der Waals surface area (Å²) in [5.74, 6) is 0.521. The highest BCUT2D eigenvalue weighted by Gasteiger charge is 2.33. The highest BCUT2D eigenvalue weighted by Crippen LogP contribution is 2.34. The van der Waals surface area contributed by atoms with Gasteiger partial charge < -0.3 is 19.9 Å². The van der Waals surface area contributed by atoms with Crippen LogP contribution in [-0.4, -0.2) is 48.0 Å². The van der Waals surface area contributed by atoms with Crippen molar-refractivity contribution in [2.75, 3.05) is 31.6 Å². The van der Waals surface area contributed by atoms with Crippen LogP contribution in [0.25, 0.3) is 0 Å². The van der Waals surface area contributed by atoms with Crippen LogP contribution in [0.2, 0.25) is 10.0 Å². The van der Waals surface area contributed by atoms with E-state index in [1.807, 2.05) is 11.4 Å². The third-order valence-corrected chi connectivity index (χ3v) is 7.16. The molecule has 0 bridgehead atoms. The van der Waals surface area contributed by atoms with Crippen molar-refractivity contribution in [2.24, 2.45) is 0 Å². The molecule has 182 valence electrons. The van der Waals surface area contributed by atoms with Crippen LogP contribution in [0.1, 0.15) is 16.5 Å². The summed E-state index contributed by atoms with van der Waals surface area (Å²) in [6, 6.07) is 15.4. The molecule has 0 aliphatic carbocycles. The van der Waals surface area contributed by atoms with Gasteiger partial charge in [-0.15, -0.1) is 17.9 Å². The molecule has 6 nitrogen and oxygen atoms in total. The number of nitrogens with one attached hydrogen (secondary N) is 1. The Bertz CT molecular complexity index is 1200. The number of benzene rings is 2. The van der Waals surface area contributed by atoms with E-state index in [0.29, 0.717) is 34.6 Å². The Balaban J connectivity index is 1.48. The highest BCUT2D eigenvalue weighted by molar-refractivity contribution is 7.10. The number of hydrogen-bond donors (Lipinski definition) is 1. The molecule has 0 spiro atoms. The summed E-state index contributed by atoms with van der Waals surface area (Å²) < 4.78 is 6.03. The maximum atomic E-state index is 13.5. The van der Waals surface area contributed by atoms with Gasteiger partial charge in [0.2, 0.25) is 5.91 Å². The fourth-order valence-corrected chi connectivity index (χ4v) is 5.22. The molecule has 0 radical (unpaired) electrons. The Morgan fingerprint density at radius 1 is 1.17 bits per heavy atom. The number of halogens is 2. The van der Waals surface area contributed by atoms with E-state index in [1.54, 1.807) is 70.8 Å². The number of anilines is 1.